The molecular formula is C13H17ClN2O3. The first-order valence-corrected chi connectivity index (χ1v) is 6.72. The molecule has 0 bridgehead atoms. The van der Waals surface area contributed by atoms with E-state index in [1.165, 1.54) is 4.90 Å². The third-order valence-corrected chi connectivity index (χ3v) is 3.56. The second-order valence-electron chi connectivity index (χ2n) is 4.51. The fourth-order valence-corrected chi connectivity index (χ4v) is 2.56. The summed E-state index contributed by atoms with van der Waals surface area (Å²) in [5.74, 6) is 0. The topological polar surface area (TPSA) is 62.7 Å². The van der Waals surface area contributed by atoms with Gasteiger partial charge in [0.2, 0.25) is 0 Å². The van der Waals surface area contributed by atoms with E-state index in [1.807, 2.05) is 13.0 Å². The molecular weight excluding hydrogens is 268 g/mol. The molecule has 104 valence electrons. The highest BCUT2D eigenvalue weighted by Crippen LogP contribution is 2.32. The number of piperidine rings is 1. The molecule has 1 aliphatic heterocycles. The van der Waals surface area contributed by atoms with Gasteiger partial charge in [-0.1, -0.05) is 17.7 Å². The molecule has 1 fully saturated rings. The zero-order valence-corrected chi connectivity index (χ0v) is 11.5. The fraction of sp³-hybridized carbons (Fsp3) is 0.538. The van der Waals surface area contributed by atoms with Gasteiger partial charge in [0.15, 0.2) is 0 Å². The maximum atomic E-state index is 11.3. The van der Waals surface area contributed by atoms with Crippen LogP contribution in [0.1, 0.15) is 31.4 Å². The molecule has 0 spiro atoms. The van der Waals surface area contributed by atoms with Crippen molar-refractivity contribution in [1.82, 2.24) is 9.88 Å². The van der Waals surface area contributed by atoms with Gasteiger partial charge in [-0.05, 0) is 31.4 Å². The first-order valence-electron chi connectivity index (χ1n) is 6.34. The Balaban J connectivity index is 2.19. The van der Waals surface area contributed by atoms with Gasteiger partial charge in [-0.25, -0.2) is 9.78 Å². The van der Waals surface area contributed by atoms with E-state index >= 15 is 0 Å². The second-order valence-corrected chi connectivity index (χ2v) is 4.89. The number of carbonyl (C=O) groups is 1. The summed E-state index contributed by atoms with van der Waals surface area (Å²) in [5, 5.41) is 9.68. The number of hydrogen-bond donors (Lipinski definition) is 1. The molecule has 5 nitrogen and oxygen atoms in total. The van der Waals surface area contributed by atoms with E-state index < -0.39 is 6.09 Å². The van der Waals surface area contributed by atoms with Gasteiger partial charge in [-0.15, -0.1) is 0 Å². The van der Waals surface area contributed by atoms with Crippen LogP contribution in [0.3, 0.4) is 0 Å². The number of carboxylic acid groups (broad SMARTS) is 1. The maximum absolute atomic E-state index is 11.3. The Kier molecular flexibility index (Phi) is 4.61. The molecule has 1 aliphatic rings. The lowest BCUT2D eigenvalue weighted by Gasteiger charge is -2.37. The van der Waals surface area contributed by atoms with Crippen molar-refractivity contribution in [3.05, 3.63) is 29.0 Å². The van der Waals surface area contributed by atoms with Crippen molar-refractivity contribution >= 4 is 17.7 Å². The van der Waals surface area contributed by atoms with Crippen molar-refractivity contribution < 1.29 is 14.6 Å². The molecule has 1 aromatic rings. The molecule has 19 heavy (non-hydrogen) atoms. The maximum Gasteiger partial charge on any atom is 0.407 e. The molecule has 6 heteroatoms. The second kappa shape index (κ2) is 6.21. The molecule has 0 saturated carbocycles. The average molecular weight is 285 g/mol. The van der Waals surface area contributed by atoms with Gasteiger partial charge in [-0.3, -0.25) is 0 Å². The fourth-order valence-electron chi connectivity index (χ4n) is 2.45. The highest BCUT2D eigenvalue weighted by atomic mass is 35.5. The average Bonchev–Trinajstić information content (AvgIpc) is 2.39. The van der Waals surface area contributed by atoms with Gasteiger partial charge in [-0.2, -0.15) is 0 Å². The van der Waals surface area contributed by atoms with E-state index in [1.54, 1.807) is 12.3 Å². The van der Waals surface area contributed by atoms with Crippen LogP contribution in [0.15, 0.2) is 18.3 Å². The Morgan fingerprint density at radius 2 is 2.42 bits per heavy atom. The standard InChI is InChI=1S/C13H17ClN2O3/c1-2-19-10-5-6-16(13(17)18)11(7-10)9-3-4-12(14)15-8-9/h3-4,8,10-11H,2,5-7H2,1H3,(H,17,18). The third-order valence-electron chi connectivity index (χ3n) is 3.34. The van der Waals surface area contributed by atoms with Crippen LogP contribution in [0.25, 0.3) is 0 Å². The van der Waals surface area contributed by atoms with Gasteiger partial charge in [0, 0.05) is 19.3 Å². The lowest BCUT2D eigenvalue weighted by Crippen LogP contribution is -2.42. The number of halogens is 1. The molecule has 2 heterocycles. The first-order chi connectivity index (χ1) is 9.11. The van der Waals surface area contributed by atoms with Gasteiger partial charge in [0.25, 0.3) is 0 Å². The van der Waals surface area contributed by atoms with Crippen molar-refractivity contribution in [2.75, 3.05) is 13.2 Å². The summed E-state index contributed by atoms with van der Waals surface area (Å²) in [6.07, 6.45) is 2.22. The Morgan fingerprint density at radius 3 is 3.00 bits per heavy atom. The highest BCUT2D eigenvalue weighted by Gasteiger charge is 2.33. The van der Waals surface area contributed by atoms with E-state index in [9.17, 15) is 9.90 Å². The summed E-state index contributed by atoms with van der Waals surface area (Å²) in [7, 11) is 0. The lowest BCUT2D eigenvalue weighted by atomic mass is 9.94. The SMILES string of the molecule is CCOC1CCN(C(=O)O)C(c2ccc(Cl)nc2)C1. The molecule has 1 N–H and O–H groups in total. The van der Waals surface area contributed by atoms with Crippen LogP contribution in [0.2, 0.25) is 5.15 Å². The number of nitrogens with zero attached hydrogens (tertiary/aromatic N) is 2. The molecule has 2 atom stereocenters. The first kappa shape index (κ1) is 14.1. The Bertz CT molecular complexity index is 438. The smallest absolute Gasteiger partial charge is 0.407 e. The highest BCUT2D eigenvalue weighted by molar-refractivity contribution is 6.29. The Morgan fingerprint density at radius 1 is 1.63 bits per heavy atom. The number of amides is 1. The number of rotatable bonds is 3. The molecule has 0 aliphatic carbocycles. The van der Waals surface area contributed by atoms with Gasteiger partial charge >= 0.3 is 6.09 Å². The van der Waals surface area contributed by atoms with E-state index in [-0.39, 0.29) is 12.1 Å². The van der Waals surface area contributed by atoms with Crippen LogP contribution in [-0.2, 0) is 4.74 Å². The van der Waals surface area contributed by atoms with Gasteiger partial charge < -0.3 is 14.7 Å². The predicted octanol–water partition coefficient (Wildman–Crippen LogP) is 2.96. The minimum Gasteiger partial charge on any atom is -0.465 e. The third kappa shape index (κ3) is 3.36. The van der Waals surface area contributed by atoms with Crippen molar-refractivity contribution in [3.63, 3.8) is 0 Å². The number of ether oxygens (including phenoxy) is 1. The molecule has 2 rings (SSSR count). The summed E-state index contributed by atoms with van der Waals surface area (Å²) < 4.78 is 5.62. The van der Waals surface area contributed by atoms with E-state index in [4.69, 9.17) is 16.3 Å². The molecule has 0 radical (unpaired) electrons. The molecule has 1 aromatic heterocycles. The summed E-state index contributed by atoms with van der Waals surface area (Å²) in [5.41, 5.74) is 0.858. The van der Waals surface area contributed by atoms with Crippen molar-refractivity contribution in [2.45, 2.75) is 31.9 Å². The van der Waals surface area contributed by atoms with Crippen LogP contribution in [0.5, 0.6) is 0 Å². The largest absolute Gasteiger partial charge is 0.465 e. The van der Waals surface area contributed by atoms with Crippen molar-refractivity contribution in [1.29, 1.82) is 0 Å². The number of pyridine rings is 1. The monoisotopic (exact) mass is 284 g/mol. The molecule has 1 amide bonds. The lowest BCUT2D eigenvalue weighted by molar-refractivity contribution is -0.00598. The number of hydrogen-bond acceptors (Lipinski definition) is 3. The Hall–Kier alpha value is -1.33. The number of aromatic nitrogens is 1. The van der Waals surface area contributed by atoms with Gasteiger partial charge in [0.05, 0.1) is 12.1 Å². The summed E-state index contributed by atoms with van der Waals surface area (Å²) in [4.78, 5) is 16.8. The van der Waals surface area contributed by atoms with Crippen LogP contribution < -0.4 is 0 Å². The summed E-state index contributed by atoms with van der Waals surface area (Å²) >= 11 is 5.76. The summed E-state index contributed by atoms with van der Waals surface area (Å²) in [6, 6.07) is 3.29. The zero-order valence-electron chi connectivity index (χ0n) is 10.8. The normalized spacial score (nSPS) is 23.4. The van der Waals surface area contributed by atoms with Crippen molar-refractivity contribution in [3.8, 4) is 0 Å². The molecule has 1 saturated heterocycles. The molecule has 0 aromatic carbocycles. The van der Waals surface area contributed by atoms with E-state index in [0.717, 1.165) is 12.0 Å². The summed E-state index contributed by atoms with van der Waals surface area (Å²) in [6.45, 7) is 3.07. The minimum absolute atomic E-state index is 0.0984. The van der Waals surface area contributed by atoms with Crippen molar-refractivity contribution in [2.24, 2.45) is 0 Å². The van der Waals surface area contributed by atoms with E-state index in [0.29, 0.717) is 24.7 Å². The van der Waals surface area contributed by atoms with Crippen LogP contribution >= 0.6 is 11.6 Å². The quantitative estimate of drug-likeness (QED) is 0.867. The van der Waals surface area contributed by atoms with Gasteiger partial charge in [0.1, 0.15) is 5.15 Å². The number of likely N-dealkylation sites (tertiary alicyclic amines) is 1. The zero-order chi connectivity index (χ0) is 13.8. The van der Waals surface area contributed by atoms with E-state index in [2.05, 4.69) is 4.98 Å². The minimum atomic E-state index is -0.908. The molecule has 2 unspecified atom stereocenters. The van der Waals surface area contributed by atoms with Crippen LogP contribution in [0, 0.1) is 0 Å². The Labute approximate surface area is 117 Å². The predicted molar refractivity (Wildman–Crippen MR) is 71.4 cm³/mol. The van der Waals surface area contributed by atoms with Crippen LogP contribution in [-0.4, -0.2) is 40.3 Å². The van der Waals surface area contributed by atoms with Crippen LogP contribution in [0.4, 0.5) is 4.79 Å².